The van der Waals surface area contributed by atoms with E-state index < -0.39 is 0 Å². The van der Waals surface area contributed by atoms with Crippen LogP contribution in [-0.4, -0.2) is 45.4 Å². The molecule has 3 aromatic rings. The van der Waals surface area contributed by atoms with Crippen LogP contribution in [0.15, 0.2) is 36.5 Å². The SMILES string of the molecule is Cc1cc(C(=O)N2CCCC(C)C2)nc(NCCc2c[nH]c3ccccc23)n1. The Morgan fingerprint density at radius 2 is 2.18 bits per heavy atom. The highest BCUT2D eigenvalue weighted by atomic mass is 16.2. The zero-order chi connectivity index (χ0) is 19.5. The molecule has 3 heterocycles. The molecular formula is C22H27N5O. The Hall–Kier alpha value is -2.89. The van der Waals surface area contributed by atoms with Gasteiger partial charge in [-0.2, -0.15) is 0 Å². The first-order chi connectivity index (χ1) is 13.6. The topological polar surface area (TPSA) is 73.9 Å². The number of benzene rings is 1. The van der Waals surface area contributed by atoms with Crippen LogP contribution in [0.1, 0.15) is 41.5 Å². The minimum atomic E-state index is 0.0109. The lowest BCUT2D eigenvalue weighted by molar-refractivity contribution is 0.0677. The molecule has 2 aromatic heterocycles. The Kier molecular flexibility index (Phi) is 5.28. The Morgan fingerprint density at radius 3 is 3.04 bits per heavy atom. The number of aromatic nitrogens is 3. The van der Waals surface area contributed by atoms with E-state index in [0.29, 0.717) is 24.1 Å². The molecule has 2 N–H and O–H groups in total. The summed E-state index contributed by atoms with van der Waals surface area (Å²) in [4.78, 5) is 27.0. The van der Waals surface area contributed by atoms with Crippen molar-refractivity contribution in [2.24, 2.45) is 5.92 Å². The van der Waals surface area contributed by atoms with E-state index in [-0.39, 0.29) is 5.91 Å². The smallest absolute Gasteiger partial charge is 0.272 e. The summed E-state index contributed by atoms with van der Waals surface area (Å²) < 4.78 is 0. The summed E-state index contributed by atoms with van der Waals surface area (Å²) in [5.74, 6) is 1.08. The second-order valence-corrected chi connectivity index (χ2v) is 7.75. The highest BCUT2D eigenvalue weighted by molar-refractivity contribution is 5.92. The van der Waals surface area contributed by atoms with Crippen LogP contribution in [-0.2, 0) is 6.42 Å². The van der Waals surface area contributed by atoms with Gasteiger partial charge in [0.15, 0.2) is 0 Å². The zero-order valence-electron chi connectivity index (χ0n) is 16.5. The molecule has 1 aliphatic heterocycles. The number of rotatable bonds is 5. The van der Waals surface area contributed by atoms with Gasteiger partial charge in [0.25, 0.3) is 5.91 Å². The minimum absolute atomic E-state index is 0.0109. The molecule has 1 aromatic carbocycles. The summed E-state index contributed by atoms with van der Waals surface area (Å²) in [6, 6.07) is 10.1. The fourth-order valence-electron chi connectivity index (χ4n) is 3.94. The fourth-order valence-corrected chi connectivity index (χ4v) is 3.94. The molecule has 1 aliphatic rings. The van der Waals surface area contributed by atoms with Crippen LogP contribution in [0, 0.1) is 12.8 Å². The average molecular weight is 377 g/mol. The fraction of sp³-hybridized carbons (Fsp3) is 0.409. The average Bonchev–Trinajstić information content (AvgIpc) is 3.10. The minimum Gasteiger partial charge on any atom is -0.361 e. The number of carbonyl (C=O) groups excluding carboxylic acids is 1. The van der Waals surface area contributed by atoms with E-state index in [1.54, 1.807) is 6.07 Å². The van der Waals surface area contributed by atoms with Crippen molar-refractivity contribution in [3.05, 3.63) is 53.5 Å². The number of fused-ring (bicyclic) bond motifs is 1. The van der Waals surface area contributed by atoms with Gasteiger partial charge in [-0.25, -0.2) is 9.97 Å². The van der Waals surface area contributed by atoms with Gasteiger partial charge in [0, 0.05) is 42.4 Å². The standard InChI is InChI=1S/C22H27N5O/c1-15-6-5-11-27(14-15)21(28)20-12-16(2)25-22(26-20)23-10-9-17-13-24-19-8-4-3-7-18(17)19/h3-4,7-8,12-13,15,24H,5-6,9-11,14H2,1-2H3,(H,23,25,26). The van der Waals surface area contributed by atoms with Crippen molar-refractivity contribution in [1.82, 2.24) is 19.9 Å². The number of hydrogen-bond donors (Lipinski definition) is 2. The van der Waals surface area contributed by atoms with Crippen LogP contribution in [0.4, 0.5) is 5.95 Å². The van der Waals surface area contributed by atoms with E-state index in [0.717, 1.165) is 37.1 Å². The Balaban J connectivity index is 1.43. The third-order valence-corrected chi connectivity index (χ3v) is 5.37. The van der Waals surface area contributed by atoms with E-state index in [2.05, 4.69) is 51.6 Å². The van der Waals surface area contributed by atoms with Gasteiger partial charge in [-0.05, 0) is 49.8 Å². The van der Waals surface area contributed by atoms with E-state index in [1.165, 1.54) is 17.4 Å². The molecular weight excluding hydrogens is 350 g/mol. The number of hydrogen-bond acceptors (Lipinski definition) is 4. The Bertz CT molecular complexity index is 980. The summed E-state index contributed by atoms with van der Waals surface area (Å²) in [5, 5.41) is 4.53. The molecule has 0 saturated carbocycles. The van der Waals surface area contributed by atoms with Crippen molar-refractivity contribution in [2.75, 3.05) is 25.0 Å². The van der Waals surface area contributed by atoms with E-state index in [9.17, 15) is 4.79 Å². The summed E-state index contributed by atoms with van der Waals surface area (Å²) in [5.41, 5.74) is 3.69. The summed E-state index contributed by atoms with van der Waals surface area (Å²) >= 11 is 0. The predicted molar refractivity (Wildman–Crippen MR) is 112 cm³/mol. The number of likely N-dealkylation sites (tertiary alicyclic amines) is 1. The van der Waals surface area contributed by atoms with Crippen LogP contribution in [0.2, 0.25) is 0 Å². The molecule has 28 heavy (non-hydrogen) atoms. The van der Waals surface area contributed by atoms with Crippen LogP contribution in [0.3, 0.4) is 0 Å². The third-order valence-electron chi connectivity index (χ3n) is 5.37. The second kappa shape index (κ2) is 8.00. The van der Waals surface area contributed by atoms with Crippen molar-refractivity contribution in [1.29, 1.82) is 0 Å². The van der Waals surface area contributed by atoms with E-state index in [4.69, 9.17) is 0 Å². The number of nitrogens with one attached hydrogen (secondary N) is 2. The van der Waals surface area contributed by atoms with Gasteiger partial charge in [-0.1, -0.05) is 25.1 Å². The summed E-state index contributed by atoms with van der Waals surface area (Å²) in [6.45, 7) is 6.44. The van der Waals surface area contributed by atoms with Crippen LogP contribution < -0.4 is 5.32 Å². The first-order valence-corrected chi connectivity index (χ1v) is 10.0. The molecule has 0 bridgehead atoms. The van der Waals surface area contributed by atoms with Crippen LogP contribution >= 0.6 is 0 Å². The first-order valence-electron chi connectivity index (χ1n) is 10.0. The predicted octanol–water partition coefficient (Wildman–Crippen LogP) is 3.79. The Morgan fingerprint density at radius 1 is 1.32 bits per heavy atom. The van der Waals surface area contributed by atoms with Gasteiger partial charge >= 0.3 is 0 Å². The maximum absolute atomic E-state index is 12.9. The zero-order valence-corrected chi connectivity index (χ0v) is 16.5. The van der Waals surface area contributed by atoms with Gasteiger partial charge in [-0.3, -0.25) is 4.79 Å². The first kappa shape index (κ1) is 18.5. The number of aromatic amines is 1. The van der Waals surface area contributed by atoms with E-state index in [1.807, 2.05) is 17.9 Å². The third kappa shape index (κ3) is 4.01. The molecule has 1 atom stereocenters. The number of nitrogens with zero attached hydrogens (tertiary/aromatic N) is 3. The molecule has 1 amide bonds. The number of aryl methyl sites for hydroxylation is 1. The quantitative estimate of drug-likeness (QED) is 0.709. The summed E-state index contributed by atoms with van der Waals surface area (Å²) in [6.07, 6.45) is 5.16. The van der Waals surface area contributed by atoms with Crippen molar-refractivity contribution < 1.29 is 4.79 Å². The van der Waals surface area contributed by atoms with Gasteiger partial charge in [-0.15, -0.1) is 0 Å². The molecule has 0 aliphatic carbocycles. The molecule has 0 radical (unpaired) electrons. The number of anilines is 1. The molecule has 146 valence electrons. The largest absolute Gasteiger partial charge is 0.361 e. The van der Waals surface area contributed by atoms with Gasteiger partial charge < -0.3 is 15.2 Å². The van der Waals surface area contributed by atoms with Gasteiger partial charge in [0.1, 0.15) is 5.69 Å². The highest BCUT2D eigenvalue weighted by Crippen LogP contribution is 2.19. The van der Waals surface area contributed by atoms with Crippen LogP contribution in [0.25, 0.3) is 10.9 Å². The summed E-state index contributed by atoms with van der Waals surface area (Å²) in [7, 11) is 0. The molecule has 4 rings (SSSR count). The van der Waals surface area contributed by atoms with Crippen molar-refractivity contribution in [3.8, 4) is 0 Å². The molecule has 1 unspecified atom stereocenters. The monoisotopic (exact) mass is 377 g/mol. The normalized spacial score (nSPS) is 17.1. The number of piperidine rings is 1. The molecule has 0 spiro atoms. The maximum Gasteiger partial charge on any atom is 0.272 e. The van der Waals surface area contributed by atoms with Crippen molar-refractivity contribution in [3.63, 3.8) is 0 Å². The number of carbonyl (C=O) groups is 1. The van der Waals surface area contributed by atoms with E-state index >= 15 is 0 Å². The van der Waals surface area contributed by atoms with Crippen molar-refractivity contribution >= 4 is 22.8 Å². The lowest BCUT2D eigenvalue weighted by Crippen LogP contribution is -2.39. The molecule has 6 nitrogen and oxygen atoms in total. The molecule has 1 saturated heterocycles. The number of para-hydroxylation sites is 1. The van der Waals surface area contributed by atoms with Crippen molar-refractivity contribution in [2.45, 2.75) is 33.1 Å². The lowest BCUT2D eigenvalue weighted by atomic mass is 10.00. The van der Waals surface area contributed by atoms with Gasteiger partial charge in [0.2, 0.25) is 5.95 Å². The maximum atomic E-state index is 12.9. The van der Waals surface area contributed by atoms with Gasteiger partial charge in [0.05, 0.1) is 0 Å². The van der Waals surface area contributed by atoms with Crippen LogP contribution in [0.5, 0.6) is 0 Å². The Labute approximate surface area is 165 Å². The molecule has 6 heteroatoms. The molecule has 1 fully saturated rings. The highest BCUT2D eigenvalue weighted by Gasteiger charge is 2.23. The second-order valence-electron chi connectivity index (χ2n) is 7.75. The number of amides is 1. The lowest BCUT2D eigenvalue weighted by Gasteiger charge is -2.30. The number of H-pyrrole nitrogens is 1.